The Labute approximate surface area is 123 Å². The molecule has 6 nitrogen and oxygen atoms in total. The summed E-state index contributed by atoms with van der Waals surface area (Å²) in [5.74, 6) is -0.293. The number of nitrogens with one attached hydrogen (secondary N) is 1. The van der Waals surface area contributed by atoms with Crippen molar-refractivity contribution in [1.29, 1.82) is 0 Å². The first-order chi connectivity index (χ1) is 9.99. The Hall–Kier alpha value is -2.08. The number of nitrogens with zero attached hydrogens (tertiary/aromatic N) is 1. The van der Waals surface area contributed by atoms with E-state index >= 15 is 0 Å². The molecule has 1 aromatic carbocycles. The summed E-state index contributed by atoms with van der Waals surface area (Å²) in [6.45, 7) is 5.55. The van der Waals surface area contributed by atoms with Crippen molar-refractivity contribution in [2.75, 3.05) is 26.3 Å². The van der Waals surface area contributed by atoms with Crippen molar-refractivity contribution in [2.45, 2.75) is 19.9 Å². The molecule has 1 aliphatic heterocycles. The highest BCUT2D eigenvalue weighted by Crippen LogP contribution is 2.17. The maximum absolute atomic E-state index is 12.2. The molecule has 2 rings (SSSR count). The van der Waals surface area contributed by atoms with Crippen LogP contribution in [0, 0.1) is 6.92 Å². The van der Waals surface area contributed by atoms with Crippen LogP contribution in [0.15, 0.2) is 18.2 Å². The van der Waals surface area contributed by atoms with Gasteiger partial charge >= 0.3 is 0 Å². The number of ether oxygens (including phenoxy) is 1. The van der Waals surface area contributed by atoms with Gasteiger partial charge in [0.2, 0.25) is 5.91 Å². The Bertz CT molecular complexity index is 538. The predicted octanol–water partition coefficient (Wildman–Crippen LogP) is 0.678. The van der Waals surface area contributed by atoms with E-state index in [-0.39, 0.29) is 17.6 Å². The minimum Gasteiger partial charge on any atom is -0.508 e. The summed E-state index contributed by atoms with van der Waals surface area (Å²) in [5, 5.41) is 12.1. The second kappa shape index (κ2) is 6.58. The third-order valence-corrected chi connectivity index (χ3v) is 3.50. The number of benzene rings is 1. The van der Waals surface area contributed by atoms with Crippen molar-refractivity contribution in [1.82, 2.24) is 10.2 Å². The van der Waals surface area contributed by atoms with Crippen molar-refractivity contribution < 1.29 is 19.4 Å². The molecule has 0 aromatic heterocycles. The van der Waals surface area contributed by atoms with Crippen molar-refractivity contribution in [3.63, 3.8) is 0 Å². The van der Waals surface area contributed by atoms with Crippen LogP contribution in [0.25, 0.3) is 0 Å². The molecule has 0 spiro atoms. The summed E-state index contributed by atoms with van der Waals surface area (Å²) in [4.78, 5) is 26.0. The third kappa shape index (κ3) is 3.72. The van der Waals surface area contributed by atoms with Gasteiger partial charge in [0.1, 0.15) is 11.8 Å². The van der Waals surface area contributed by atoms with Crippen LogP contribution < -0.4 is 5.32 Å². The topological polar surface area (TPSA) is 78.9 Å². The number of rotatable bonds is 3. The van der Waals surface area contributed by atoms with E-state index in [2.05, 4.69) is 5.32 Å². The molecule has 6 heteroatoms. The summed E-state index contributed by atoms with van der Waals surface area (Å²) < 4.78 is 5.20. The minimum absolute atomic E-state index is 0.109. The van der Waals surface area contributed by atoms with E-state index in [4.69, 9.17) is 4.74 Å². The van der Waals surface area contributed by atoms with Crippen molar-refractivity contribution in [2.24, 2.45) is 0 Å². The van der Waals surface area contributed by atoms with E-state index in [9.17, 15) is 14.7 Å². The van der Waals surface area contributed by atoms with Crippen LogP contribution in [0.2, 0.25) is 0 Å². The van der Waals surface area contributed by atoms with Gasteiger partial charge in [-0.05, 0) is 37.6 Å². The van der Waals surface area contributed by atoms with Gasteiger partial charge in [0, 0.05) is 18.7 Å². The molecule has 1 fully saturated rings. The molecule has 0 radical (unpaired) electrons. The molecule has 2 N–H and O–H groups in total. The Morgan fingerprint density at radius 3 is 2.62 bits per heavy atom. The predicted molar refractivity (Wildman–Crippen MR) is 77.2 cm³/mol. The van der Waals surface area contributed by atoms with E-state index in [1.54, 1.807) is 24.8 Å². The van der Waals surface area contributed by atoms with Gasteiger partial charge in [-0.15, -0.1) is 0 Å². The summed E-state index contributed by atoms with van der Waals surface area (Å²) in [7, 11) is 0. The highest BCUT2D eigenvalue weighted by atomic mass is 16.5. The fourth-order valence-corrected chi connectivity index (χ4v) is 2.20. The summed E-state index contributed by atoms with van der Waals surface area (Å²) in [6, 6.07) is 4.00. The van der Waals surface area contributed by atoms with Gasteiger partial charge in [0.25, 0.3) is 5.91 Å². The molecule has 1 unspecified atom stereocenters. The number of carbonyl (C=O) groups is 2. The van der Waals surface area contributed by atoms with Crippen LogP contribution >= 0.6 is 0 Å². The minimum atomic E-state index is -0.593. The van der Waals surface area contributed by atoms with Gasteiger partial charge < -0.3 is 20.1 Å². The maximum atomic E-state index is 12.2. The normalized spacial score (nSPS) is 16.4. The van der Waals surface area contributed by atoms with Crippen LogP contribution in [0.5, 0.6) is 5.75 Å². The molecule has 21 heavy (non-hydrogen) atoms. The van der Waals surface area contributed by atoms with Gasteiger partial charge in [-0.3, -0.25) is 9.59 Å². The zero-order valence-electron chi connectivity index (χ0n) is 12.3. The molecule has 0 aliphatic carbocycles. The van der Waals surface area contributed by atoms with Gasteiger partial charge in [-0.1, -0.05) is 0 Å². The number of phenols is 1. The fourth-order valence-electron chi connectivity index (χ4n) is 2.20. The van der Waals surface area contributed by atoms with Crippen LogP contribution in [0.1, 0.15) is 22.8 Å². The average Bonchev–Trinajstić information content (AvgIpc) is 2.50. The van der Waals surface area contributed by atoms with Gasteiger partial charge in [-0.25, -0.2) is 0 Å². The van der Waals surface area contributed by atoms with Crippen molar-refractivity contribution >= 4 is 11.8 Å². The fraction of sp³-hybridized carbons (Fsp3) is 0.467. The largest absolute Gasteiger partial charge is 0.508 e. The summed E-state index contributed by atoms with van der Waals surface area (Å²) in [6.07, 6.45) is 0. The van der Waals surface area contributed by atoms with Crippen LogP contribution in [0.4, 0.5) is 0 Å². The number of carbonyl (C=O) groups excluding carboxylic acids is 2. The molecule has 1 atom stereocenters. The monoisotopic (exact) mass is 292 g/mol. The van der Waals surface area contributed by atoms with Gasteiger partial charge in [0.15, 0.2) is 0 Å². The number of phenolic OH excluding ortho intramolecular Hbond substituents is 1. The van der Waals surface area contributed by atoms with Crippen LogP contribution in [-0.4, -0.2) is 54.2 Å². The van der Waals surface area contributed by atoms with E-state index in [1.165, 1.54) is 12.1 Å². The number of morpholine rings is 1. The second-order valence-corrected chi connectivity index (χ2v) is 5.13. The lowest BCUT2D eigenvalue weighted by Crippen LogP contribution is -2.50. The lowest BCUT2D eigenvalue weighted by molar-refractivity contribution is -0.136. The number of hydrogen-bond donors (Lipinski definition) is 2. The highest BCUT2D eigenvalue weighted by molar-refractivity contribution is 5.97. The van der Waals surface area contributed by atoms with E-state index in [1.807, 2.05) is 0 Å². The lowest BCUT2D eigenvalue weighted by atomic mass is 10.1. The molecule has 2 amide bonds. The molecule has 1 aromatic rings. The van der Waals surface area contributed by atoms with E-state index in [0.717, 1.165) is 0 Å². The zero-order chi connectivity index (χ0) is 15.4. The standard InChI is InChI=1S/C15H20N2O4/c1-10-9-12(3-4-13(10)18)14(19)16-11(2)15(20)17-5-7-21-8-6-17/h3-4,9,11,18H,5-8H2,1-2H3,(H,16,19). The molecule has 1 saturated heterocycles. The first-order valence-corrected chi connectivity index (χ1v) is 6.96. The van der Waals surface area contributed by atoms with Gasteiger partial charge in [0.05, 0.1) is 13.2 Å². The first-order valence-electron chi connectivity index (χ1n) is 6.96. The van der Waals surface area contributed by atoms with Crippen molar-refractivity contribution in [3.8, 4) is 5.75 Å². The molecular formula is C15H20N2O4. The summed E-state index contributed by atoms with van der Waals surface area (Å²) >= 11 is 0. The second-order valence-electron chi connectivity index (χ2n) is 5.13. The molecule has 1 heterocycles. The van der Waals surface area contributed by atoms with Crippen LogP contribution in [0.3, 0.4) is 0 Å². The summed E-state index contributed by atoms with van der Waals surface area (Å²) in [5.41, 5.74) is 1.04. The maximum Gasteiger partial charge on any atom is 0.251 e. The van der Waals surface area contributed by atoms with Gasteiger partial charge in [-0.2, -0.15) is 0 Å². The van der Waals surface area contributed by atoms with E-state index in [0.29, 0.717) is 37.4 Å². The van der Waals surface area contributed by atoms with E-state index < -0.39 is 6.04 Å². The Balaban J connectivity index is 1.97. The Morgan fingerprint density at radius 1 is 1.33 bits per heavy atom. The molecule has 114 valence electrons. The quantitative estimate of drug-likeness (QED) is 0.858. The number of amides is 2. The third-order valence-electron chi connectivity index (χ3n) is 3.50. The SMILES string of the molecule is Cc1cc(C(=O)NC(C)C(=O)N2CCOCC2)ccc1O. The average molecular weight is 292 g/mol. The number of hydrogen-bond acceptors (Lipinski definition) is 4. The Morgan fingerprint density at radius 2 is 2.00 bits per heavy atom. The Kier molecular flexibility index (Phi) is 4.80. The first kappa shape index (κ1) is 15.3. The molecular weight excluding hydrogens is 272 g/mol. The molecule has 1 aliphatic rings. The number of aryl methyl sites for hydroxylation is 1. The number of aromatic hydroxyl groups is 1. The highest BCUT2D eigenvalue weighted by Gasteiger charge is 2.24. The van der Waals surface area contributed by atoms with Crippen molar-refractivity contribution in [3.05, 3.63) is 29.3 Å². The zero-order valence-corrected chi connectivity index (χ0v) is 12.3. The van der Waals surface area contributed by atoms with Crippen LogP contribution in [-0.2, 0) is 9.53 Å². The smallest absolute Gasteiger partial charge is 0.251 e. The lowest BCUT2D eigenvalue weighted by Gasteiger charge is -2.29. The molecule has 0 saturated carbocycles. The molecule has 0 bridgehead atoms.